The van der Waals surface area contributed by atoms with E-state index in [0.717, 1.165) is 32.1 Å². The molecule has 2 N–H and O–H groups in total. The monoisotopic (exact) mass is 407 g/mol. The molecule has 0 aromatic rings. The van der Waals surface area contributed by atoms with Gasteiger partial charge in [0.15, 0.2) is 0 Å². The third-order valence-electron chi connectivity index (χ3n) is 4.91. The van der Waals surface area contributed by atoms with E-state index in [-0.39, 0.29) is 12.5 Å². The Kier molecular flexibility index (Phi) is 17.0. The van der Waals surface area contributed by atoms with Crippen molar-refractivity contribution in [2.24, 2.45) is 0 Å². The Balaban J connectivity index is 3.32. The number of hydrogen-bond donors (Lipinski definition) is 2. The minimum absolute atomic E-state index is 0.0420. The molecule has 0 aliphatic rings. The van der Waals surface area contributed by atoms with E-state index in [2.05, 4.69) is 0 Å². The van der Waals surface area contributed by atoms with Gasteiger partial charge in [0.1, 0.15) is 0 Å². The van der Waals surface area contributed by atoms with Gasteiger partial charge in [-0.05, 0) is 12.8 Å². The molecule has 27 heavy (non-hydrogen) atoms. The first kappa shape index (κ1) is 26.3. The van der Waals surface area contributed by atoms with Gasteiger partial charge < -0.3 is 10.0 Å². The number of unbranched alkanes of at least 4 members (excludes halogenated alkanes) is 13. The highest BCUT2D eigenvalue weighted by Crippen LogP contribution is 2.13. The lowest BCUT2D eigenvalue weighted by molar-refractivity contribution is -0.129. The number of aliphatic hydroxyl groups is 1. The zero-order chi connectivity index (χ0) is 20.4. The topological polar surface area (TPSA) is 94.9 Å². The molecular weight excluding hydrogens is 366 g/mol. The first-order valence-corrected chi connectivity index (χ1v) is 12.3. The van der Waals surface area contributed by atoms with Crippen LogP contribution >= 0.6 is 0 Å². The molecule has 0 aromatic carbocycles. The zero-order valence-electron chi connectivity index (χ0n) is 17.2. The summed E-state index contributed by atoms with van der Waals surface area (Å²) < 4.78 is 30.0. The van der Waals surface area contributed by atoms with Crippen molar-refractivity contribution in [3.63, 3.8) is 0 Å². The van der Waals surface area contributed by atoms with E-state index >= 15 is 0 Å². The highest BCUT2D eigenvalue weighted by Gasteiger charge is 2.12. The van der Waals surface area contributed by atoms with E-state index in [1.165, 1.54) is 62.7 Å². The summed E-state index contributed by atoms with van der Waals surface area (Å²) in [4.78, 5) is 13.2. The van der Waals surface area contributed by atoms with E-state index in [4.69, 9.17) is 9.66 Å². The Bertz CT molecular complexity index is 453. The molecule has 7 heteroatoms. The molecule has 0 bridgehead atoms. The van der Waals surface area contributed by atoms with Crippen LogP contribution in [0, 0.1) is 0 Å². The second kappa shape index (κ2) is 17.4. The van der Waals surface area contributed by atoms with Gasteiger partial charge in [-0.15, -0.1) is 0 Å². The fraction of sp³-hybridized carbons (Fsp3) is 0.950. The average molecular weight is 408 g/mol. The minimum atomic E-state index is -4.01. The summed E-state index contributed by atoms with van der Waals surface area (Å²) in [5.41, 5.74) is 0. The largest absolute Gasteiger partial charge is 0.396 e. The average Bonchev–Trinajstić information content (AvgIpc) is 2.62. The van der Waals surface area contributed by atoms with E-state index in [0.29, 0.717) is 13.0 Å². The Labute approximate surface area is 166 Å². The number of nitrogens with zero attached hydrogens (tertiary/aromatic N) is 1. The van der Waals surface area contributed by atoms with Crippen LogP contribution in [0.4, 0.5) is 0 Å². The highest BCUT2D eigenvalue weighted by molar-refractivity contribution is 7.85. The molecular formula is C20H41NO5S. The van der Waals surface area contributed by atoms with Crippen LogP contribution in [-0.2, 0) is 14.9 Å². The smallest absolute Gasteiger partial charge is 0.266 e. The second-order valence-electron chi connectivity index (χ2n) is 7.52. The normalized spacial score (nSPS) is 11.7. The third-order valence-corrected chi connectivity index (χ3v) is 5.61. The van der Waals surface area contributed by atoms with Crippen LogP contribution in [-0.4, -0.2) is 54.8 Å². The van der Waals surface area contributed by atoms with Gasteiger partial charge in [-0.3, -0.25) is 9.35 Å². The lowest BCUT2D eigenvalue weighted by atomic mass is 10.0. The van der Waals surface area contributed by atoms with Crippen LogP contribution in [0.3, 0.4) is 0 Å². The van der Waals surface area contributed by atoms with Gasteiger partial charge in [0.2, 0.25) is 5.91 Å². The fourth-order valence-corrected chi connectivity index (χ4v) is 3.58. The van der Waals surface area contributed by atoms with Gasteiger partial charge in [0.05, 0.1) is 5.75 Å². The van der Waals surface area contributed by atoms with Crippen molar-refractivity contribution < 1.29 is 22.9 Å². The molecule has 0 spiro atoms. The van der Waals surface area contributed by atoms with Crippen molar-refractivity contribution in [3.8, 4) is 0 Å². The Morgan fingerprint density at radius 2 is 1.11 bits per heavy atom. The molecule has 0 fully saturated rings. The Morgan fingerprint density at radius 3 is 1.48 bits per heavy atom. The predicted molar refractivity (Wildman–Crippen MR) is 110 cm³/mol. The SMILES string of the molecule is CN(CCS(=O)(=O)O)C(=O)CCCCCCCCCCCCCCCCO. The maximum absolute atomic E-state index is 11.8. The maximum Gasteiger partial charge on any atom is 0.266 e. The van der Waals surface area contributed by atoms with Gasteiger partial charge in [0, 0.05) is 26.6 Å². The van der Waals surface area contributed by atoms with Gasteiger partial charge in [-0.2, -0.15) is 8.42 Å². The summed E-state index contributed by atoms with van der Waals surface area (Å²) in [6.45, 7) is 0.366. The number of rotatable bonds is 19. The lowest BCUT2D eigenvalue weighted by Crippen LogP contribution is -2.31. The first-order chi connectivity index (χ1) is 12.9. The van der Waals surface area contributed by atoms with Crippen molar-refractivity contribution in [1.82, 2.24) is 4.90 Å². The summed E-state index contributed by atoms with van der Waals surface area (Å²) >= 11 is 0. The summed E-state index contributed by atoms with van der Waals surface area (Å²) in [5, 5.41) is 8.70. The van der Waals surface area contributed by atoms with E-state index in [1.807, 2.05) is 0 Å². The number of hydrogen-bond acceptors (Lipinski definition) is 4. The number of aliphatic hydroxyl groups excluding tert-OH is 1. The van der Waals surface area contributed by atoms with E-state index in [1.54, 1.807) is 7.05 Å². The summed E-state index contributed by atoms with van der Waals surface area (Å²) in [7, 11) is -2.43. The van der Waals surface area contributed by atoms with Crippen molar-refractivity contribution in [3.05, 3.63) is 0 Å². The van der Waals surface area contributed by atoms with E-state index in [9.17, 15) is 13.2 Å². The van der Waals surface area contributed by atoms with E-state index < -0.39 is 15.9 Å². The molecule has 1 amide bonds. The summed E-state index contributed by atoms with van der Waals surface area (Å²) in [6, 6.07) is 0. The van der Waals surface area contributed by atoms with Crippen LogP contribution in [0.25, 0.3) is 0 Å². The summed E-state index contributed by atoms with van der Waals surface area (Å²) in [6.07, 6.45) is 17.2. The molecule has 0 saturated heterocycles. The fourth-order valence-electron chi connectivity index (χ4n) is 3.08. The maximum atomic E-state index is 11.8. The van der Waals surface area contributed by atoms with Crippen LogP contribution in [0.2, 0.25) is 0 Å². The number of amides is 1. The molecule has 0 atom stereocenters. The van der Waals surface area contributed by atoms with Gasteiger partial charge in [0.25, 0.3) is 10.1 Å². The Morgan fingerprint density at radius 1 is 0.741 bits per heavy atom. The second-order valence-corrected chi connectivity index (χ2v) is 9.10. The predicted octanol–water partition coefficient (Wildman–Crippen LogP) is 4.18. The van der Waals surface area contributed by atoms with Gasteiger partial charge in [-0.1, -0.05) is 77.0 Å². The molecule has 0 saturated carbocycles. The molecule has 0 radical (unpaired) electrons. The van der Waals surface area contributed by atoms with Crippen LogP contribution in [0.1, 0.15) is 96.3 Å². The van der Waals surface area contributed by atoms with Gasteiger partial charge >= 0.3 is 0 Å². The molecule has 0 aliphatic carbocycles. The lowest BCUT2D eigenvalue weighted by Gasteiger charge is -2.16. The highest BCUT2D eigenvalue weighted by atomic mass is 32.2. The zero-order valence-corrected chi connectivity index (χ0v) is 18.0. The molecule has 0 heterocycles. The Hall–Kier alpha value is -0.660. The van der Waals surface area contributed by atoms with Crippen molar-refractivity contribution in [2.75, 3.05) is 26.0 Å². The first-order valence-electron chi connectivity index (χ1n) is 10.7. The van der Waals surface area contributed by atoms with Crippen LogP contribution < -0.4 is 0 Å². The molecule has 0 aromatic heterocycles. The number of carbonyl (C=O) groups is 1. The molecule has 162 valence electrons. The molecule has 0 unspecified atom stereocenters. The molecule has 6 nitrogen and oxygen atoms in total. The quantitative estimate of drug-likeness (QED) is 0.247. The van der Waals surface area contributed by atoms with Crippen molar-refractivity contribution in [1.29, 1.82) is 0 Å². The third kappa shape index (κ3) is 19.9. The van der Waals surface area contributed by atoms with Crippen LogP contribution in [0.15, 0.2) is 0 Å². The summed E-state index contributed by atoms with van der Waals surface area (Å²) in [5.74, 6) is -0.464. The van der Waals surface area contributed by atoms with Crippen molar-refractivity contribution in [2.45, 2.75) is 96.3 Å². The van der Waals surface area contributed by atoms with Crippen molar-refractivity contribution >= 4 is 16.0 Å². The molecule has 0 aliphatic heterocycles. The minimum Gasteiger partial charge on any atom is -0.396 e. The van der Waals surface area contributed by atoms with Gasteiger partial charge in [-0.25, -0.2) is 0 Å². The van der Waals surface area contributed by atoms with Crippen LogP contribution in [0.5, 0.6) is 0 Å². The standard InChI is InChI=1S/C20H41NO5S/c1-21(17-19-27(24,25)26)20(23)16-14-12-10-8-6-4-2-3-5-7-9-11-13-15-18-22/h22H,2-19H2,1H3,(H,24,25,26). The molecule has 0 rings (SSSR count). The number of carbonyl (C=O) groups excluding carboxylic acids is 1.